The maximum Gasteiger partial charge on any atom is 0.255 e. The fraction of sp³-hybridized carbons (Fsp3) is 0.407. The molecule has 1 aliphatic heterocycles. The number of pyridine rings is 1. The number of sulfone groups is 1. The van der Waals surface area contributed by atoms with Crippen molar-refractivity contribution in [3.63, 3.8) is 0 Å². The van der Waals surface area contributed by atoms with E-state index < -0.39 is 15.4 Å². The van der Waals surface area contributed by atoms with Crippen molar-refractivity contribution in [1.29, 1.82) is 0 Å². The molecule has 11 heteroatoms. The molecule has 2 heterocycles. The number of halogens is 2. The zero-order chi connectivity index (χ0) is 27.6. The Labute approximate surface area is 232 Å². The number of nitrogens with one attached hydrogen (secondary N) is 2. The molecule has 1 saturated heterocycles. The smallest absolute Gasteiger partial charge is 0.255 e. The van der Waals surface area contributed by atoms with Gasteiger partial charge in [-0.05, 0) is 55.5 Å². The van der Waals surface area contributed by atoms with Crippen molar-refractivity contribution < 1.29 is 17.9 Å². The molecule has 1 amide bonds. The SMILES string of the molecule is Cc1c(Cl)ccc(OC2CCN(C[C@H](C)CNC(=O)c3c[nH]c(=O)c4cc(S(C)(=O)=O)ccc34)CC2)c1Cl. The Bertz CT molecular complexity index is 1520. The first-order chi connectivity index (χ1) is 17.9. The van der Waals surface area contributed by atoms with Crippen LogP contribution in [-0.2, 0) is 9.84 Å². The van der Waals surface area contributed by atoms with Gasteiger partial charge in [0.25, 0.3) is 11.5 Å². The largest absolute Gasteiger partial charge is 0.489 e. The molecule has 0 aliphatic carbocycles. The van der Waals surface area contributed by atoms with E-state index in [0.717, 1.165) is 44.3 Å². The first kappa shape index (κ1) is 28.4. The summed E-state index contributed by atoms with van der Waals surface area (Å²) in [5.41, 5.74) is 0.657. The van der Waals surface area contributed by atoms with Crippen molar-refractivity contribution >= 4 is 49.7 Å². The van der Waals surface area contributed by atoms with Crippen molar-refractivity contribution in [2.45, 2.75) is 37.7 Å². The van der Waals surface area contributed by atoms with Crippen LogP contribution < -0.4 is 15.6 Å². The Kier molecular flexibility index (Phi) is 8.72. The summed E-state index contributed by atoms with van der Waals surface area (Å²) in [6, 6.07) is 7.82. The number of ether oxygens (including phenoxy) is 1. The number of nitrogens with zero attached hydrogens (tertiary/aromatic N) is 1. The number of aromatic amines is 1. The van der Waals surface area contributed by atoms with Gasteiger partial charge in [0.05, 0.1) is 15.5 Å². The van der Waals surface area contributed by atoms with Crippen molar-refractivity contribution in [2.75, 3.05) is 32.4 Å². The maximum absolute atomic E-state index is 12.9. The normalized spacial score (nSPS) is 15.9. The summed E-state index contributed by atoms with van der Waals surface area (Å²) in [7, 11) is -3.48. The molecule has 0 unspecified atom stereocenters. The lowest BCUT2D eigenvalue weighted by Crippen LogP contribution is -2.42. The standard InChI is InChI=1S/C27H31Cl2N3O5S/c1-16(15-32-10-8-18(9-11-32)37-24-7-6-23(28)17(2)25(24)29)13-30-27(34)22-14-31-26(33)21-12-19(38(3,35)36)4-5-20(21)22/h4-7,12,14,16,18H,8-11,13,15H2,1-3H3,(H,30,34)(H,31,33)/t16-/m1/s1. The first-order valence-corrected chi connectivity index (χ1v) is 15.1. The van der Waals surface area contributed by atoms with Crippen molar-refractivity contribution in [2.24, 2.45) is 5.92 Å². The number of likely N-dealkylation sites (tertiary alicyclic amines) is 1. The molecule has 38 heavy (non-hydrogen) atoms. The second-order valence-corrected chi connectivity index (χ2v) is 12.7. The summed E-state index contributed by atoms with van der Waals surface area (Å²) in [4.78, 5) is 30.1. The summed E-state index contributed by atoms with van der Waals surface area (Å²) < 4.78 is 29.9. The third-order valence-electron chi connectivity index (χ3n) is 6.84. The van der Waals surface area contributed by atoms with Crippen LogP contribution in [0.5, 0.6) is 5.75 Å². The molecule has 1 fully saturated rings. The number of benzene rings is 2. The highest BCUT2D eigenvalue weighted by atomic mass is 35.5. The number of aromatic nitrogens is 1. The highest BCUT2D eigenvalue weighted by molar-refractivity contribution is 7.90. The van der Waals surface area contributed by atoms with Crippen LogP contribution in [0.3, 0.4) is 0 Å². The fourth-order valence-corrected chi connectivity index (χ4v) is 5.70. The molecular weight excluding hydrogens is 549 g/mol. The van der Waals surface area contributed by atoms with E-state index in [4.69, 9.17) is 27.9 Å². The van der Waals surface area contributed by atoms with Crippen LogP contribution >= 0.6 is 23.2 Å². The molecule has 204 valence electrons. The highest BCUT2D eigenvalue weighted by Crippen LogP contribution is 2.34. The van der Waals surface area contributed by atoms with Crippen molar-refractivity contribution in [3.8, 4) is 5.75 Å². The molecule has 4 rings (SSSR count). The van der Waals surface area contributed by atoms with Gasteiger partial charge in [-0.1, -0.05) is 36.2 Å². The van der Waals surface area contributed by atoms with Crippen LogP contribution in [-0.4, -0.2) is 62.7 Å². The predicted octanol–water partition coefficient (Wildman–Crippen LogP) is 4.46. The minimum Gasteiger partial charge on any atom is -0.489 e. The fourth-order valence-electron chi connectivity index (χ4n) is 4.64. The third-order valence-corrected chi connectivity index (χ3v) is 8.83. The Morgan fingerprint density at radius 1 is 1.18 bits per heavy atom. The molecule has 3 aromatic rings. The predicted molar refractivity (Wildman–Crippen MR) is 150 cm³/mol. The Hall–Kier alpha value is -2.59. The first-order valence-electron chi connectivity index (χ1n) is 12.4. The molecule has 1 atom stereocenters. The van der Waals surface area contributed by atoms with E-state index in [2.05, 4.69) is 22.1 Å². The molecule has 0 radical (unpaired) electrons. The zero-order valence-electron chi connectivity index (χ0n) is 21.5. The van der Waals surface area contributed by atoms with Crippen LogP contribution in [0.1, 0.15) is 35.7 Å². The lowest BCUT2D eigenvalue weighted by atomic mass is 10.0. The van der Waals surface area contributed by atoms with Gasteiger partial charge in [0.1, 0.15) is 11.9 Å². The summed E-state index contributed by atoms with van der Waals surface area (Å²) in [6.45, 7) is 6.97. The minimum atomic E-state index is -3.48. The van der Waals surface area contributed by atoms with E-state index >= 15 is 0 Å². The zero-order valence-corrected chi connectivity index (χ0v) is 23.8. The number of carbonyl (C=O) groups excluding carboxylic acids is 1. The van der Waals surface area contributed by atoms with Crippen LogP contribution in [0.4, 0.5) is 0 Å². The number of rotatable bonds is 8. The summed E-state index contributed by atoms with van der Waals surface area (Å²) in [6.07, 6.45) is 4.26. The number of hydrogen-bond acceptors (Lipinski definition) is 6. The van der Waals surface area contributed by atoms with Gasteiger partial charge < -0.3 is 19.9 Å². The number of hydrogen-bond donors (Lipinski definition) is 2. The maximum atomic E-state index is 12.9. The van der Waals surface area contributed by atoms with Gasteiger partial charge in [-0.15, -0.1) is 0 Å². The number of H-pyrrole nitrogens is 1. The van der Waals surface area contributed by atoms with Gasteiger partial charge in [0, 0.05) is 54.4 Å². The number of fused-ring (bicyclic) bond motifs is 1. The van der Waals surface area contributed by atoms with Gasteiger partial charge in [-0.2, -0.15) is 0 Å². The quantitative estimate of drug-likeness (QED) is 0.408. The molecule has 0 saturated carbocycles. The second kappa shape index (κ2) is 11.7. The monoisotopic (exact) mass is 579 g/mol. The number of amides is 1. The Balaban J connectivity index is 1.30. The average molecular weight is 581 g/mol. The third kappa shape index (κ3) is 6.51. The van der Waals surface area contributed by atoms with Gasteiger partial charge in [-0.3, -0.25) is 9.59 Å². The molecule has 0 bridgehead atoms. The van der Waals surface area contributed by atoms with Gasteiger partial charge in [-0.25, -0.2) is 8.42 Å². The topological polar surface area (TPSA) is 109 Å². The van der Waals surface area contributed by atoms with Crippen LogP contribution in [0.25, 0.3) is 10.8 Å². The van der Waals surface area contributed by atoms with Gasteiger partial charge in [0.15, 0.2) is 9.84 Å². The van der Waals surface area contributed by atoms with E-state index in [1.807, 2.05) is 13.0 Å². The Morgan fingerprint density at radius 2 is 1.89 bits per heavy atom. The molecule has 8 nitrogen and oxygen atoms in total. The lowest BCUT2D eigenvalue weighted by Gasteiger charge is -2.34. The lowest BCUT2D eigenvalue weighted by molar-refractivity contribution is 0.0886. The summed E-state index contributed by atoms with van der Waals surface area (Å²) in [5, 5.41) is 4.68. The average Bonchev–Trinajstić information content (AvgIpc) is 2.88. The molecular formula is C27H31Cl2N3O5S. The van der Waals surface area contributed by atoms with Crippen LogP contribution in [0, 0.1) is 12.8 Å². The molecule has 0 spiro atoms. The summed E-state index contributed by atoms with van der Waals surface area (Å²) >= 11 is 12.5. The summed E-state index contributed by atoms with van der Waals surface area (Å²) in [5.74, 6) is 0.522. The Morgan fingerprint density at radius 3 is 2.58 bits per heavy atom. The molecule has 2 N–H and O–H groups in total. The van der Waals surface area contributed by atoms with E-state index in [9.17, 15) is 18.0 Å². The number of carbonyl (C=O) groups is 1. The van der Waals surface area contributed by atoms with Crippen LogP contribution in [0.2, 0.25) is 10.0 Å². The van der Waals surface area contributed by atoms with Crippen molar-refractivity contribution in [1.82, 2.24) is 15.2 Å². The number of piperidine rings is 1. The molecule has 2 aromatic carbocycles. The van der Waals surface area contributed by atoms with E-state index in [1.165, 1.54) is 24.4 Å². The molecule has 1 aromatic heterocycles. The highest BCUT2D eigenvalue weighted by Gasteiger charge is 2.23. The van der Waals surface area contributed by atoms with Crippen molar-refractivity contribution in [3.05, 3.63) is 68.1 Å². The molecule has 1 aliphatic rings. The van der Waals surface area contributed by atoms with E-state index in [1.54, 1.807) is 6.07 Å². The minimum absolute atomic E-state index is 0.0298. The van der Waals surface area contributed by atoms with Gasteiger partial charge in [0.2, 0.25) is 0 Å². The van der Waals surface area contributed by atoms with E-state index in [0.29, 0.717) is 33.3 Å². The van der Waals surface area contributed by atoms with Crippen LogP contribution in [0.15, 0.2) is 46.2 Å². The van der Waals surface area contributed by atoms with Gasteiger partial charge >= 0.3 is 0 Å². The van der Waals surface area contributed by atoms with E-state index in [-0.39, 0.29) is 28.2 Å². The second-order valence-electron chi connectivity index (χ2n) is 9.93.